The molecule has 0 fully saturated rings. The molecule has 1 rings (SSSR count). The van der Waals surface area contributed by atoms with Crippen LogP contribution in [0.25, 0.3) is 0 Å². The lowest BCUT2D eigenvalue weighted by molar-refractivity contribution is 0.140. The van der Waals surface area contributed by atoms with Gasteiger partial charge in [0.2, 0.25) is 5.88 Å². The van der Waals surface area contributed by atoms with Crippen LogP contribution in [0.4, 0.5) is 0 Å². The highest BCUT2D eigenvalue weighted by molar-refractivity contribution is 6.29. The Morgan fingerprint density at radius 2 is 1.70 bits per heavy atom. The third-order valence-corrected chi connectivity index (χ3v) is 3.32. The summed E-state index contributed by atoms with van der Waals surface area (Å²) in [4.78, 5) is 11.0. The van der Waals surface area contributed by atoms with Gasteiger partial charge in [0.15, 0.2) is 0 Å². The van der Waals surface area contributed by atoms with Crippen molar-refractivity contribution in [1.29, 1.82) is 0 Å². The summed E-state index contributed by atoms with van der Waals surface area (Å²) in [6, 6.07) is 2.67. The van der Waals surface area contributed by atoms with E-state index in [4.69, 9.17) is 16.3 Å². The zero-order chi connectivity index (χ0) is 15.3. The van der Waals surface area contributed by atoms with Crippen molar-refractivity contribution in [2.24, 2.45) is 0 Å². The second-order valence-corrected chi connectivity index (χ2v) is 6.20. The van der Waals surface area contributed by atoms with Crippen LogP contribution in [0.3, 0.4) is 0 Å². The number of nitrogens with zero attached hydrogens (tertiary/aromatic N) is 3. The summed E-state index contributed by atoms with van der Waals surface area (Å²) in [6.07, 6.45) is 0. The van der Waals surface area contributed by atoms with E-state index in [0.717, 1.165) is 12.4 Å². The van der Waals surface area contributed by atoms with Gasteiger partial charge in [-0.2, -0.15) is 4.98 Å². The van der Waals surface area contributed by atoms with E-state index in [0.29, 0.717) is 29.7 Å². The van der Waals surface area contributed by atoms with Gasteiger partial charge in [0, 0.05) is 30.6 Å². The second kappa shape index (κ2) is 7.79. The van der Waals surface area contributed by atoms with Crippen molar-refractivity contribution in [3.8, 4) is 5.88 Å². The number of hydrogen-bond donors (Lipinski definition) is 0. The molecule has 0 saturated heterocycles. The van der Waals surface area contributed by atoms with Crippen LogP contribution in [0.15, 0.2) is 6.07 Å². The molecule has 5 heteroatoms. The average Bonchev–Trinajstić information content (AvgIpc) is 2.32. The van der Waals surface area contributed by atoms with E-state index in [1.165, 1.54) is 0 Å². The van der Waals surface area contributed by atoms with E-state index in [9.17, 15) is 0 Å². The Kier molecular flexibility index (Phi) is 6.69. The summed E-state index contributed by atoms with van der Waals surface area (Å²) < 4.78 is 5.73. The maximum Gasteiger partial charge on any atom is 0.218 e. The number of hydrogen-bond acceptors (Lipinski definition) is 4. The van der Waals surface area contributed by atoms with Gasteiger partial charge in [0.25, 0.3) is 0 Å². The smallest absolute Gasteiger partial charge is 0.218 e. The molecule has 0 bridgehead atoms. The summed E-state index contributed by atoms with van der Waals surface area (Å²) in [7, 11) is 0. The molecule has 0 amide bonds. The van der Waals surface area contributed by atoms with Crippen molar-refractivity contribution in [3.63, 3.8) is 0 Å². The zero-order valence-electron chi connectivity index (χ0n) is 13.4. The Morgan fingerprint density at radius 3 is 2.20 bits per heavy atom. The molecule has 0 spiro atoms. The highest BCUT2D eigenvalue weighted by Crippen LogP contribution is 2.18. The molecule has 0 atom stereocenters. The van der Waals surface area contributed by atoms with Crippen LogP contribution in [0.2, 0.25) is 5.15 Å². The monoisotopic (exact) mass is 299 g/mol. The molecule has 1 aromatic heterocycles. The molecule has 0 aromatic carbocycles. The quantitative estimate of drug-likeness (QED) is 0.719. The van der Waals surface area contributed by atoms with E-state index in [-0.39, 0.29) is 5.92 Å². The standard InChI is InChI=1S/C15H26ClN3O/c1-10(2)15-17-13(16)9-14(18-15)20-8-7-19(11(3)4)12(5)6/h9-12H,7-8H2,1-6H3. The van der Waals surface area contributed by atoms with Gasteiger partial charge in [-0.3, -0.25) is 4.90 Å². The Bertz CT molecular complexity index is 414. The Hall–Kier alpha value is -0.870. The van der Waals surface area contributed by atoms with Crippen molar-refractivity contribution < 1.29 is 4.74 Å². The fraction of sp³-hybridized carbons (Fsp3) is 0.733. The van der Waals surface area contributed by atoms with Gasteiger partial charge in [-0.1, -0.05) is 25.4 Å². The van der Waals surface area contributed by atoms with Crippen LogP contribution < -0.4 is 4.74 Å². The maximum atomic E-state index is 5.99. The number of ether oxygens (including phenoxy) is 1. The third-order valence-electron chi connectivity index (χ3n) is 3.13. The van der Waals surface area contributed by atoms with Crippen LogP contribution in [0, 0.1) is 0 Å². The highest BCUT2D eigenvalue weighted by atomic mass is 35.5. The molecule has 20 heavy (non-hydrogen) atoms. The van der Waals surface area contributed by atoms with E-state index in [1.54, 1.807) is 6.07 Å². The average molecular weight is 300 g/mol. The maximum absolute atomic E-state index is 5.99. The van der Waals surface area contributed by atoms with Crippen LogP contribution in [0.5, 0.6) is 5.88 Å². The van der Waals surface area contributed by atoms with E-state index in [2.05, 4.69) is 42.6 Å². The van der Waals surface area contributed by atoms with Crippen molar-refractivity contribution >= 4 is 11.6 Å². The number of aromatic nitrogens is 2. The predicted octanol–water partition coefficient (Wildman–Crippen LogP) is 3.75. The van der Waals surface area contributed by atoms with Crippen LogP contribution in [-0.2, 0) is 0 Å². The van der Waals surface area contributed by atoms with Gasteiger partial charge >= 0.3 is 0 Å². The first-order valence-corrected chi connectivity index (χ1v) is 7.62. The summed E-state index contributed by atoms with van der Waals surface area (Å²) in [5.74, 6) is 1.51. The van der Waals surface area contributed by atoms with Crippen molar-refractivity contribution in [2.45, 2.75) is 59.5 Å². The van der Waals surface area contributed by atoms with Crippen molar-refractivity contribution in [2.75, 3.05) is 13.2 Å². The molecule has 0 aliphatic carbocycles. The lowest BCUT2D eigenvalue weighted by atomic mass is 10.2. The van der Waals surface area contributed by atoms with Crippen molar-refractivity contribution in [3.05, 3.63) is 17.0 Å². The summed E-state index contributed by atoms with van der Waals surface area (Å²) in [5, 5.41) is 0.434. The highest BCUT2D eigenvalue weighted by Gasteiger charge is 2.13. The molecule has 0 aliphatic rings. The fourth-order valence-electron chi connectivity index (χ4n) is 2.11. The van der Waals surface area contributed by atoms with Gasteiger partial charge in [-0.25, -0.2) is 4.98 Å². The molecule has 4 nitrogen and oxygen atoms in total. The SMILES string of the molecule is CC(C)c1nc(Cl)cc(OCCN(C(C)C)C(C)C)n1. The summed E-state index contributed by atoms with van der Waals surface area (Å²) in [6.45, 7) is 14.3. The van der Waals surface area contributed by atoms with E-state index < -0.39 is 0 Å². The molecule has 0 aliphatic heterocycles. The molecule has 0 unspecified atom stereocenters. The van der Waals surface area contributed by atoms with E-state index in [1.807, 2.05) is 13.8 Å². The fourth-order valence-corrected chi connectivity index (χ4v) is 2.29. The van der Waals surface area contributed by atoms with Gasteiger partial charge in [-0.05, 0) is 27.7 Å². The zero-order valence-corrected chi connectivity index (χ0v) is 14.1. The molecule has 0 N–H and O–H groups in total. The van der Waals surface area contributed by atoms with Gasteiger partial charge in [-0.15, -0.1) is 0 Å². The first kappa shape index (κ1) is 17.2. The van der Waals surface area contributed by atoms with Crippen LogP contribution >= 0.6 is 11.6 Å². The Balaban J connectivity index is 2.61. The lowest BCUT2D eigenvalue weighted by Crippen LogP contribution is -2.39. The van der Waals surface area contributed by atoms with Gasteiger partial charge in [0.1, 0.15) is 17.6 Å². The second-order valence-electron chi connectivity index (χ2n) is 5.82. The Labute approximate surface area is 127 Å². The summed E-state index contributed by atoms with van der Waals surface area (Å²) >= 11 is 5.99. The molecule has 1 aromatic rings. The van der Waals surface area contributed by atoms with Crippen LogP contribution in [0.1, 0.15) is 53.3 Å². The molecular formula is C15H26ClN3O. The minimum atomic E-state index is 0.235. The lowest BCUT2D eigenvalue weighted by Gasteiger charge is -2.30. The summed E-state index contributed by atoms with van der Waals surface area (Å²) in [5.41, 5.74) is 0. The molecule has 1 heterocycles. The number of halogens is 1. The normalized spacial score (nSPS) is 11.9. The van der Waals surface area contributed by atoms with Gasteiger partial charge in [0.05, 0.1) is 0 Å². The minimum absolute atomic E-state index is 0.235. The minimum Gasteiger partial charge on any atom is -0.476 e. The largest absolute Gasteiger partial charge is 0.476 e. The molecule has 114 valence electrons. The number of rotatable bonds is 7. The molecule has 0 radical (unpaired) electrons. The molecule has 0 saturated carbocycles. The third kappa shape index (κ3) is 5.25. The van der Waals surface area contributed by atoms with E-state index >= 15 is 0 Å². The van der Waals surface area contributed by atoms with Crippen molar-refractivity contribution in [1.82, 2.24) is 14.9 Å². The predicted molar refractivity (Wildman–Crippen MR) is 83.6 cm³/mol. The van der Waals surface area contributed by atoms with Crippen LogP contribution in [-0.4, -0.2) is 40.1 Å². The first-order chi connectivity index (χ1) is 9.31. The van der Waals surface area contributed by atoms with Gasteiger partial charge < -0.3 is 4.74 Å². The molecular weight excluding hydrogens is 274 g/mol. The first-order valence-electron chi connectivity index (χ1n) is 7.24. The Morgan fingerprint density at radius 1 is 1.10 bits per heavy atom. The topological polar surface area (TPSA) is 38.2 Å².